The van der Waals surface area contributed by atoms with E-state index in [1.807, 2.05) is 19.9 Å². The summed E-state index contributed by atoms with van der Waals surface area (Å²) in [5.41, 5.74) is 3.15. The first-order valence-electron chi connectivity index (χ1n) is 9.17. The van der Waals surface area contributed by atoms with Crippen molar-refractivity contribution in [2.24, 2.45) is 0 Å². The van der Waals surface area contributed by atoms with Crippen LogP contribution < -0.4 is 16.1 Å². The molecule has 3 aromatic rings. The summed E-state index contributed by atoms with van der Waals surface area (Å²) < 4.78 is 5.94. The number of carbonyl (C=O) groups is 3. The monoisotopic (exact) mass is 408 g/mol. The predicted molar refractivity (Wildman–Crippen MR) is 110 cm³/mol. The molecule has 0 aliphatic rings. The fourth-order valence-corrected chi connectivity index (χ4v) is 3.04. The van der Waals surface area contributed by atoms with Gasteiger partial charge in [0.05, 0.1) is 11.9 Å². The summed E-state index contributed by atoms with van der Waals surface area (Å²) in [5, 5.41) is 13.6. The molecule has 0 aliphatic carbocycles. The van der Waals surface area contributed by atoms with Gasteiger partial charge in [0.15, 0.2) is 5.43 Å². The van der Waals surface area contributed by atoms with E-state index in [-0.39, 0.29) is 12.0 Å². The normalized spacial score (nSPS) is 10.6. The quantitative estimate of drug-likeness (QED) is 0.573. The van der Waals surface area contributed by atoms with Crippen LogP contribution in [0.25, 0.3) is 22.3 Å². The van der Waals surface area contributed by atoms with Crippen LogP contribution in [-0.2, 0) is 9.59 Å². The molecule has 0 aliphatic heterocycles. The standard InChI is InChI=1S/C22H20N2O6/c1-12-7-13(2)21-16(8-12)17(25)9-18(30-21)14-3-5-15(6-4-14)22(29)24-10-19(26)23-11-20(27)28/h3-9H,10-11H2,1-2H3,(H,23,26)(H,24,29)(H,27,28). The first-order valence-corrected chi connectivity index (χ1v) is 9.17. The van der Waals surface area contributed by atoms with E-state index in [4.69, 9.17) is 9.52 Å². The van der Waals surface area contributed by atoms with Crippen molar-refractivity contribution in [2.75, 3.05) is 13.1 Å². The van der Waals surface area contributed by atoms with Gasteiger partial charge in [0, 0.05) is 17.2 Å². The SMILES string of the molecule is Cc1cc(C)c2oc(-c3ccc(C(=O)NCC(=O)NCC(=O)O)cc3)cc(=O)c2c1. The first kappa shape index (κ1) is 20.8. The Morgan fingerprint density at radius 2 is 1.67 bits per heavy atom. The molecule has 2 amide bonds. The summed E-state index contributed by atoms with van der Waals surface area (Å²) >= 11 is 0. The minimum Gasteiger partial charge on any atom is -0.480 e. The van der Waals surface area contributed by atoms with Crippen molar-refractivity contribution in [3.63, 3.8) is 0 Å². The van der Waals surface area contributed by atoms with Crippen molar-refractivity contribution in [3.05, 3.63) is 69.4 Å². The second-order valence-electron chi connectivity index (χ2n) is 6.86. The number of carboxylic acids is 1. The minimum atomic E-state index is -1.17. The summed E-state index contributed by atoms with van der Waals surface area (Å²) in [6.45, 7) is 2.94. The zero-order chi connectivity index (χ0) is 21.8. The Morgan fingerprint density at radius 3 is 2.33 bits per heavy atom. The largest absolute Gasteiger partial charge is 0.480 e. The van der Waals surface area contributed by atoms with Crippen LogP contribution in [0.3, 0.4) is 0 Å². The smallest absolute Gasteiger partial charge is 0.322 e. The van der Waals surface area contributed by atoms with Gasteiger partial charge in [0.25, 0.3) is 5.91 Å². The topological polar surface area (TPSA) is 126 Å². The Morgan fingerprint density at radius 1 is 0.967 bits per heavy atom. The average molecular weight is 408 g/mol. The second-order valence-corrected chi connectivity index (χ2v) is 6.86. The summed E-state index contributed by atoms with van der Waals surface area (Å²) in [6, 6.07) is 11.5. The zero-order valence-electron chi connectivity index (χ0n) is 16.4. The molecule has 0 spiro atoms. The molecule has 154 valence electrons. The molecular formula is C22H20N2O6. The average Bonchev–Trinajstić information content (AvgIpc) is 2.71. The molecule has 0 fully saturated rings. The number of amides is 2. The first-order chi connectivity index (χ1) is 14.2. The van der Waals surface area contributed by atoms with Crippen molar-refractivity contribution in [2.45, 2.75) is 13.8 Å². The highest BCUT2D eigenvalue weighted by molar-refractivity contribution is 5.97. The molecule has 0 atom stereocenters. The van der Waals surface area contributed by atoms with E-state index in [9.17, 15) is 19.2 Å². The van der Waals surface area contributed by atoms with E-state index in [1.165, 1.54) is 6.07 Å². The Hall–Kier alpha value is -3.94. The molecule has 3 rings (SSSR count). The van der Waals surface area contributed by atoms with Gasteiger partial charge in [-0.3, -0.25) is 19.2 Å². The van der Waals surface area contributed by atoms with Gasteiger partial charge in [-0.25, -0.2) is 0 Å². The third-order valence-electron chi connectivity index (χ3n) is 4.44. The Labute approximate surface area is 171 Å². The molecule has 0 bridgehead atoms. The van der Waals surface area contributed by atoms with Crippen molar-refractivity contribution in [3.8, 4) is 11.3 Å². The molecule has 0 radical (unpaired) electrons. The highest BCUT2D eigenvalue weighted by Crippen LogP contribution is 2.25. The predicted octanol–water partition coefficient (Wildman–Crippen LogP) is 2.01. The highest BCUT2D eigenvalue weighted by Gasteiger charge is 2.12. The number of aryl methyl sites for hydroxylation is 2. The molecule has 0 unspecified atom stereocenters. The van der Waals surface area contributed by atoms with Crippen LogP contribution in [0.1, 0.15) is 21.5 Å². The number of carboxylic acid groups (broad SMARTS) is 1. The summed E-state index contributed by atoms with van der Waals surface area (Å²) in [4.78, 5) is 46.5. The van der Waals surface area contributed by atoms with E-state index >= 15 is 0 Å². The lowest BCUT2D eigenvalue weighted by Gasteiger charge is -2.08. The van der Waals surface area contributed by atoms with Gasteiger partial charge in [-0.05, 0) is 43.2 Å². The van der Waals surface area contributed by atoms with Crippen LogP contribution >= 0.6 is 0 Å². The molecule has 2 aromatic carbocycles. The Bertz CT molecular complexity index is 1190. The van der Waals surface area contributed by atoms with Gasteiger partial charge >= 0.3 is 5.97 Å². The second kappa shape index (κ2) is 8.60. The molecular weight excluding hydrogens is 388 g/mol. The number of benzene rings is 2. The molecule has 1 heterocycles. The lowest BCUT2D eigenvalue weighted by atomic mass is 10.1. The van der Waals surface area contributed by atoms with Crippen LogP contribution in [0.5, 0.6) is 0 Å². The maximum absolute atomic E-state index is 12.5. The lowest BCUT2D eigenvalue weighted by Crippen LogP contribution is -2.39. The number of hydrogen-bond acceptors (Lipinski definition) is 5. The lowest BCUT2D eigenvalue weighted by molar-refractivity contribution is -0.137. The van der Waals surface area contributed by atoms with Crippen LogP contribution in [0.15, 0.2) is 51.7 Å². The molecule has 0 saturated carbocycles. The van der Waals surface area contributed by atoms with Gasteiger partial charge in [-0.15, -0.1) is 0 Å². The van der Waals surface area contributed by atoms with E-state index in [0.717, 1.165) is 11.1 Å². The van der Waals surface area contributed by atoms with Gasteiger partial charge in [-0.2, -0.15) is 0 Å². The van der Waals surface area contributed by atoms with Gasteiger partial charge in [0.1, 0.15) is 17.9 Å². The fourth-order valence-electron chi connectivity index (χ4n) is 3.04. The van der Waals surface area contributed by atoms with Crippen molar-refractivity contribution < 1.29 is 23.9 Å². The summed E-state index contributed by atoms with van der Waals surface area (Å²) in [6.07, 6.45) is 0. The molecule has 0 saturated heterocycles. The minimum absolute atomic E-state index is 0.146. The summed E-state index contributed by atoms with van der Waals surface area (Å²) in [5.74, 6) is -1.88. The molecule has 1 aromatic heterocycles. The number of hydrogen-bond donors (Lipinski definition) is 3. The van der Waals surface area contributed by atoms with Crippen LogP contribution in [-0.4, -0.2) is 36.0 Å². The molecule has 8 heteroatoms. The van der Waals surface area contributed by atoms with Gasteiger partial charge in [-0.1, -0.05) is 18.2 Å². The van der Waals surface area contributed by atoms with E-state index in [0.29, 0.717) is 27.9 Å². The van der Waals surface area contributed by atoms with Gasteiger partial charge in [0.2, 0.25) is 5.91 Å². The number of carbonyl (C=O) groups excluding carboxylic acids is 2. The maximum Gasteiger partial charge on any atom is 0.322 e. The van der Waals surface area contributed by atoms with Crippen LogP contribution in [0.4, 0.5) is 0 Å². The molecule has 3 N–H and O–H groups in total. The number of aliphatic carboxylic acids is 1. The maximum atomic E-state index is 12.5. The number of nitrogens with one attached hydrogen (secondary N) is 2. The third kappa shape index (κ3) is 4.72. The zero-order valence-corrected chi connectivity index (χ0v) is 16.4. The van der Waals surface area contributed by atoms with E-state index in [1.54, 1.807) is 30.3 Å². The number of fused-ring (bicyclic) bond motifs is 1. The number of rotatable bonds is 6. The van der Waals surface area contributed by atoms with Crippen LogP contribution in [0.2, 0.25) is 0 Å². The third-order valence-corrected chi connectivity index (χ3v) is 4.44. The molecule has 30 heavy (non-hydrogen) atoms. The Balaban J connectivity index is 1.76. The van der Waals surface area contributed by atoms with E-state index in [2.05, 4.69) is 10.6 Å². The van der Waals surface area contributed by atoms with Crippen LogP contribution in [0, 0.1) is 13.8 Å². The highest BCUT2D eigenvalue weighted by atomic mass is 16.4. The summed E-state index contributed by atoms with van der Waals surface area (Å²) in [7, 11) is 0. The molecule has 8 nitrogen and oxygen atoms in total. The van der Waals surface area contributed by atoms with Crippen molar-refractivity contribution in [1.82, 2.24) is 10.6 Å². The fraction of sp³-hybridized carbons (Fsp3) is 0.182. The van der Waals surface area contributed by atoms with Gasteiger partial charge < -0.3 is 20.2 Å². The van der Waals surface area contributed by atoms with Crippen molar-refractivity contribution in [1.29, 1.82) is 0 Å². The van der Waals surface area contributed by atoms with E-state index < -0.39 is 24.3 Å². The van der Waals surface area contributed by atoms with Crippen molar-refractivity contribution >= 4 is 28.8 Å². The Kier molecular flexibility index (Phi) is 5.96.